The van der Waals surface area contributed by atoms with Gasteiger partial charge in [0, 0.05) is 0 Å². The van der Waals surface area contributed by atoms with Crippen LogP contribution in [0.25, 0.3) is 0 Å². The summed E-state index contributed by atoms with van der Waals surface area (Å²) in [6.45, 7) is 5.36. The lowest BCUT2D eigenvalue weighted by Crippen LogP contribution is -2.37. The lowest BCUT2D eigenvalue weighted by Gasteiger charge is -2.27. The van der Waals surface area contributed by atoms with Crippen LogP contribution in [0.5, 0.6) is 0 Å². The Labute approximate surface area is 112 Å². The molecule has 1 heterocycles. The smallest absolute Gasteiger partial charge is 0.418 e. The van der Waals surface area contributed by atoms with Crippen molar-refractivity contribution in [1.29, 1.82) is 0 Å². The van der Waals surface area contributed by atoms with E-state index >= 15 is 0 Å². The largest absolute Gasteiger partial charge is 0.440 e. The van der Waals surface area contributed by atoms with Crippen molar-refractivity contribution in [2.75, 3.05) is 0 Å². The van der Waals surface area contributed by atoms with Crippen molar-refractivity contribution in [1.82, 2.24) is 4.90 Å². The Kier molecular flexibility index (Phi) is 3.42. The third-order valence-electron chi connectivity index (χ3n) is 3.13. The van der Waals surface area contributed by atoms with E-state index in [0.29, 0.717) is 0 Å². The number of allylic oxidation sites excluding steroid dienone is 1. The van der Waals surface area contributed by atoms with Crippen LogP contribution in [-0.4, -0.2) is 22.5 Å². The van der Waals surface area contributed by atoms with E-state index < -0.39 is 17.7 Å². The van der Waals surface area contributed by atoms with Crippen molar-refractivity contribution >= 4 is 12.0 Å². The standard InChI is InChI=1S/C15H17NO3/c1-4-8-12(17)16-13(11-9-6-5-7-10-11)15(2,3)19-14(16)18/h4-10,13H,1-3H3/t13-/m1/s1. The van der Waals surface area contributed by atoms with Crippen molar-refractivity contribution in [3.63, 3.8) is 0 Å². The first kappa shape index (κ1) is 13.3. The quantitative estimate of drug-likeness (QED) is 0.767. The lowest BCUT2D eigenvalue weighted by molar-refractivity contribution is -0.124. The second-order valence-corrected chi connectivity index (χ2v) is 4.99. The number of ether oxygens (including phenoxy) is 1. The van der Waals surface area contributed by atoms with Gasteiger partial charge in [0.25, 0.3) is 5.91 Å². The van der Waals surface area contributed by atoms with Gasteiger partial charge in [-0.15, -0.1) is 0 Å². The van der Waals surface area contributed by atoms with E-state index in [0.717, 1.165) is 5.56 Å². The highest BCUT2D eigenvalue weighted by molar-refractivity contribution is 6.00. The van der Waals surface area contributed by atoms with E-state index in [-0.39, 0.29) is 5.91 Å². The molecule has 2 rings (SSSR count). The molecular weight excluding hydrogens is 242 g/mol. The van der Waals surface area contributed by atoms with Crippen LogP contribution in [0.1, 0.15) is 32.4 Å². The van der Waals surface area contributed by atoms with Crippen molar-refractivity contribution in [3.8, 4) is 0 Å². The number of carbonyl (C=O) groups excluding carboxylic acids is 2. The molecule has 2 amide bonds. The monoisotopic (exact) mass is 259 g/mol. The maximum Gasteiger partial charge on any atom is 0.418 e. The van der Waals surface area contributed by atoms with Gasteiger partial charge in [0.1, 0.15) is 11.6 Å². The van der Waals surface area contributed by atoms with Gasteiger partial charge in [-0.25, -0.2) is 9.69 Å². The Morgan fingerprint density at radius 2 is 1.95 bits per heavy atom. The fraction of sp³-hybridized carbons (Fsp3) is 0.333. The second kappa shape index (κ2) is 4.88. The third-order valence-corrected chi connectivity index (χ3v) is 3.13. The highest BCUT2D eigenvalue weighted by Gasteiger charge is 2.50. The van der Waals surface area contributed by atoms with Gasteiger partial charge in [-0.2, -0.15) is 0 Å². The first-order valence-corrected chi connectivity index (χ1v) is 6.21. The zero-order chi connectivity index (χ0) is 14.0. The predicted octanol–water partition coefficient (Wildman–Crippen LogP) is 3.06. The molecule has 0 radical (unpaired) electrons. The summed E-state index contributed by atoms with van der Waals surface area (Å²) in [6.07, 6.45) is 2.39. The molecule has 0 aliphatic carbocycles. The van der Waals surface area contributed by atoms with Gasteiger partial charge >= 0.3 is 6.09 Å². The summed E-state index contributed by atoms with van der Waals surface area (Å²) in [5.74, 6) is -0.355. The summed E-state index contributed by atoms with van der Waals surface area (Å²) in [4.78, 5) is 25.2. The minimum absolute atomic E-state index is 0.355. The van der Waals surface area contributed by atoms with Crippen molar-refractivity contribution in [3.05, 3.63) is 48.0 Å². The number of benzene rings is 1. The molecule has 0 N–H and O–H groups in total. The van der Waals surface area contributed by atoms with Gasteiger partial charge < -0.3 is 4.74 Å². The molecule has 1 saturated heterocycles. The van der Waals surface area contributed by atoms with Crippen LogP contribution in [0.4, 0.5) is 4.79 Å². The molecule has 1 fully saturated rings. The van der Waals surface area contributed by atoms with E-state index in [1.807, 2.05) is 44.2 Å². The Hall–Kier alpha value is -2.10. The summed E-state index contributed by atoms with van der Waals surface area (Å²) in [5, 5.41) is 0. The van der Waals surface area contributed by atoms with Gasteiger partial charge in [0.15, 0.2) is 0 Å². The molecule has 4 nitrogen and oxygen atoms in total. The van der Waals surface area contributed by atoms with Crippen LogP contribution < -0.4 is 0 Å². The van der Waals surface area contributed by atoms with Crippen molar-refractivity contribution in [2.45, 2.75) is 32.4 Å². The molecule has 1 aliphatic heterocycles. The van der Waals surface area contributed by atoms with E-state index in [1.54, 1.807) is 13.0 Å². The fourth-order valence-electron chi connectivity index (χ4n) is 2.37. The Balaban J connectivity index is 2.46. The zero-order valence-corrected chi connectivity index (χ0v) is 11.3. The van der Waals surface area contributed by atoms with Crippen molar-refractivity contribution in [2.24, 2.45) is 0 Å². The number of imide groups is 1. The molecule has 0 bridgehead atoms. The van der Waals surface area contributed by atoms with Crippen LogP contribution in [0.2, 0.25) is 0 Å². The maximum atomic E-state index is 12.1. The molecule has 0 spiro atoms. The molecular formula is C15H17NO3. The van der Waals surface area contributed by atoms with Gasteiger partial charge in [-0.1, -0.05) is 36.4 Å². The minimum atomic E-state index is -0.740. The Morgan fingerprint density at radius 1 is 1.32 bits per heavy atom. The lowest BCUT2D eigenvalue weighted by atomic mass is 9.91. The molecule has 1 aromatic rings. The first-order valence-electron chi connectivity index (χ1n) is 6.21. The van der Waals surface area contributed by atoms with E-state index in [9.17, 15) is 9.59 Å². The first-order chi connectivity index (χ1) is 8.97. The molecule has 1 aliphatic rings. The normalized spacial score (nSPS) is 21.7. The fourth-order valence-corrected chi connectivity index (χ4v) is 2.37. The topological polar surface area (TPSA) is 46.6 Å². The molecule has 100 valence electrons. The van der Waals surface area contributed by atoms with Crippen LogP contribution in [0, 0.1) is 0 Å². The summed E-state index contributed by atoms with van der Waals surface area (Å²) in [5.41, 5.74) is 0.145. The number of hydrogen-bond acceptors (Lipinski definition) is 3. The van der Waals surface area contributed by atoms with E-state index in [1.165, 1.54) is 11.0 Å². The molecule has 0 saturated carbocycles. The van der Waals surface area contributed by atoms with E-state index in [2.05, 4.69) is 0 Å². The SMILES string of the molecule is CC=CC(=O)N1C(=O)OC(C)(C)[C@H]1c1ccccc1. The molecule has 1 aromatic carbocycles. The zero-order valence-electron chi connectivity index (χ0n) is 11.3. The highest BCUT2D eigenvalue weighted by Crippen LogP contribution is 2.41. The van der Waals surface area contributed by atoms with Crippen molar-refractivity contribution < 1.29 is 14.3 Å². The summed E-state index contributed by atoms with van der Waals surface area (Å²) in [7, 11) is 0. The molecule has 1 atom stereocenters. The summed E-state index contributed by atoms with van der Waals surface area (Å²) < 4.78 is 5.33. The minimum Gasteiger partial charge on any atom is -0.440 e. The number of nitrogens with zero attached hydrogens (tertiary/aromatic N) is 1. The number of amides is 2. The van der Waals surface area contributed by atoms with Gasteiger partial charge in [0.05, 0.1) is 0 Å². The van der Waals surface area contributed by atoms with Crippen LogP contribution in [0.3, 0.4) is 0 Å². The molecule has 4 heteroatoms. The second-order valence-electron chi connectivity index (χ2n) is 4.99. The van der Waals surface area contributed by atoms with Gasteiger partial charge in [-0.05, 0) is 32.4 Å². The van der Waals surface area contributed by atoms with Gasteiger partial charge in [-0.3, -0.25) is 4.79 Å². The number of hydrogen-bond donors (Lipinski definition) is 0. The Bertz CT molecular complexity index is 519. The Morgan fingerprint density at radius 3 is 2.53 bits per heavy atom. The number of cyclic esters (lactones) is 1. The summed E-state index contributed by atoms with van der Waals surface area (Å²) >= 11 is 0. The van der Waals surface area contributed by atoms with Gasteiger partial charge in [0.2, 0.25) is 0 Å². The maximum absolute atomic E-state index is 12.1. The summed E-state index contributed by atoms with van der Waals surface area (Å²) in [6, 6.07) is 9.03. The molecule has 0 aromatic heterocycles. The van der Waals surface area contributed by atoms with E-state index in [4.69, 9.17) is 4.74 Å². The number of carbonyl (C=O) groups is 2. The molecule has 0 unspecified atom stereocenters. The highest BCUT2D eigenvalue weighted by atomic mass is 16.6. The average Bonchev–Trinajstić information content (AvgIpc) is 2.60. The van der Waals surface area contributed by atoms with Crippen LogP contribution in [-0.2, 0) is 9.53 Å². The third kappa shape index (κ3) is 2.38. The van der Waals surface area contributed by atoms with Crippen LogP contribution in [0.15, 0.2) is 42.5 Å². The molecule has 19 heavy (non-hydrogen) atoms. The van der Waals surface area contributed by atoms with Crippen LogP contribution >= 0.6 is 0 Å². The predicted molar refractivity (Wildman–Crippen MR) is 71.4 cm³/mol. The number of rotatable bonds is 2. The average molecular weight is 259 g/mol.